The Bertz CT molecular complexity index is 1090. The monoisotopic (exact) mass is 566 g/mol. The zero-order valence-corrected chi connectivity index (χ0v) is 25.9. The zero-order chi connectivity index (χ0) is 28.9. The maximum atomic E-state index is 13.3. The molecule has 6 nitrogen and oxygen atoms in total. The highest BCUT2D eigenvalue weighted by Gasteiger charge is 2.63. The van der Waals surface area contributed by atoms with Crippen LogP contribution in [0.3, 0.4) is 0 Å². The van der Waals surface area contributed by atoms with Gasteiger partial charge in [0.25, 0.3) is 0 Å². The fourth-order valence-electron chi connectivity index (χ4n) is 11.0. The number of amides is 1. The molecule has 6 heteroatoms. The first-order chi connectivity index (χ1) is 19.7. The van der Waals surface area contributed by atoms with Crippen molar-refractivity contribution in [1.82, 2.24) is 4.90 Å². The van der Waals surface area contributed by atoms with Crippen LogP contribution in [0, 0.1) is 46.3 Å². The summed E-state index contributed by atoms with van der Waals surface area (Å²) in [5.74, 6) is 4.59. The molecular weight excluding hydrogens is 512 g/mol. The summed E-state index contributed by atoms with van der Waals surface area (Å²) in [5, 5.41) is 22.2. The second-order valence-electron chi connectivity index (χ2n) is 14.9. The van der Waals surface area contributed by atoms with E-state index in [1.807, 2.05) is 18.2 Å². The van der Waals surface area contributed by atoms with E-state index >= 15 is 0 Å². The molecule has 5 fully saturated rings. The minimum absolute atomic E-state index is 0.0403. The molecule has 1 heterocycles. The number of nitrogens with zero attached hydrogens (tertiary/aromatic N) is 2. The molecule has 1 aromatic rings. The van der Waals surface area contributed by atoms with Crippen LogP contribution in [-0.2, 0) is 4.79 Å². The van der Waals surface area contributed by atoms with Gasteiger partial charge in [0.2, 0.25) is 5.91 Å². The highest BCUT2D eigenvalue weighted by molar-refractivity contribution is 5.76. The van der Waals surface area contributed by atoms with Crippen molar-refractivity contribution < 1.29 is 19.7 Å². The lowest BCUT2D eigenvalue weighted by Crippen LogP contribution is -2.58. The van der Waals surface area contributed by atoms with Crippen LogP contribution in [0.15, 0.2) is 24.3 Å². The third-order valence-corrected chi connectivity index (χ3v) is 13.4. The maximum absolute atomic E-state index is 13.3. The highest BCUT2D eigenvalue weighted by Crippen LogP contribution is 2.68. The van der Waals surface area contributed by atoms with Crippen LogP contribution < -0.4 is 9.64 Å². The first-order valence-corrected chi connectivity index (χ1v) is 16.7. The molecule has 228 valence electrons. The molecule has 4 aliphatic carbocycles. The summed E-state index contributed by atoms with van der Waals surface area (Å²) >= 11 is 0. The number of rotatable bonds is 6. The van der Waals surface area contributed by atoms with Gasteiger partial charge in [-0.15, -0.1) is 0 Å². The minimum atomic E-state index is -0.259. The van der Waals surface area contributed by atoms with E-state index in [0.717, 1.165) is 69.7 Å². The molecular formula is C35H54N2O4. The number of piperazine rings is 1. The van der Waals surface area contributed by atoms with Gasteiger partial charge in [-0.3, -0.25) is 4.79 Å². The van der Waals surface area contributed by atoms with Crippen LogP contribution in [0.4, 0.5) is 5.69 Å². The smallest absolute Gasteiger partial charge is 0.222 e. The Morgan fingerprint density at radius 2 is 1.76 bits per heavy atom. The summed E-state index contributed by atoms with van der Waals surface area (Å²) in [7, 11) is 1.71. The number of hydrogen-bond acceptors (Lipinski definition) is 5. The number of carbonyl (C=O) groups is 1. The first kappa shape index (κ1) is 29.3. The fraction of sp³-hybridized carbons (Fsp3) is 0.800. The molecule has 10 unspecified atom stereocenters. The summed E-state index contributed by atoms with van der Waals surface area (Å²) in [5.41, 5.74) is 1.34. The van der Waals surface area contributed by atoms with Gasteiger partial charge in [-0.05, 0) is 116 Å². The molecule has 1 aromatic carbocycles. The van der Waals surface area contributed by atoms with Crippen LogP contribution in [0.5, 0.6) is 5.75 Å². The summed E-state index contributed by atoms with van der Waals surface area (Å²) in [6.07, 6.45) is 10.0. The maximum Gasteiger partial charge on any atom is 0.222 e. The number of hydrogen-bond donors (Lipinski definition) is 2. The molecule has 0 radical (unpaired) electrons. The second kappa shape index (κ2) is 11.4. The number of aliphatic hydroxyl groups excluding tert-OH is 2. The Balaban J connectivity index is 1.05. The van der Waals surface area contributed by atoms with E-state index in [2.05, 4.69) is 36.6 Å². The van der Waals surface area contributed by atoms with Gasteiger partial charge in [0.15, 0.2) is 0 Å². The Kier molecular flexibility index (Phi) is 8.12. The third kappa shape index (κ3) is 4.99. The van der Waals surface area contributed by atoms with E-state index in [-0.39, 0.29) is 28.9 Å². The zero-order valence-electron chi connectivity index (χ0n) is 25.9. The van der Waals surface area contributed by atoms with Crippen molar-refractivity contribution >= 4 is 11.6 Å². The Hall–Kier alpha value is -1.79. The Morgan fingerprint density at radius 3 is 2.51 bits per heavy atom. The van der Waals surface area contributed by atoms with Gasteiger partial charge < -0.3 is 24.7 Å². The van der Waals surface area contributed by atoms with E-state index in [4.69, 9.17) is 4.74 Å². The van der Waals surface area contributed by atoms with E-state index in [0.29, 0.717) is 41.9 Å². The summed E-state index contributed by atoms with van der Waals surface area (Å²) in [6.45, 7) is 10.4. The Morgan fingerprint density at radius 1 is 1.00 bits per heavy atom. The molecule has 6 rings (SSSR count). The summed E-state index contributed by atoms with van der Waals surface area (Å²) < 4.78 is 5.55. The van der Waals surface area contributed by atoms with E-state index in [1.165, 1.54) is 25.7 Å². The lowest BCUT2D eigenvalue weighted by molar-refractivity contribution is -0.175. The molecule has 0 bridgehead atoms. The molecule has 1 saturated heterocycles. The standard InChI is InChI=1S/C35H54N2O4/c1-23(9-14-33(40)37-19-17-36(18-20-37)30-7-5-6-8-31(30)41-4)27-12-13-28-26-11-10-24-21-25(38)15-16-34(24,2)29(26)22-32(39)35(27,28)3/h5-8,23-29,32,38-39H,9-22H2,1-4H3. The van der Waals surface area contributed by atoms with Crippen molar-refractivity contribution in [3.05, 3.63) is 24.3 Å². The Labute approximate surface area is 247 Å². The van der Waals surface area contributed by atoms with Crippen molar-refractivity contribution in [3.8, 4) is 5.75 Å². The van der Waals surface area contributed by atoms with Crippen LogP contribution in [-0.4, -0.2) is 66.5 Å². The van der Waals surface area contributed by atoms with Crippen molar-refractivity contribution in [2.75, 3.05) is 38.2 Å². The molecule has 5 aliphatic rings. The first-order valence-electron chi connectivity index (χ1n) is 16.7. The number of fused-ring (bicyclic) bond motifs is 5. The number of para-hydroxylation sites is 2. The van der Waals surface area contributed by atoms with Crippen molar-refractivity contribution in [2.24, 2.45) is 46.3 Å². The van der Waals surface area contributed by atoms with Crippen LogP contribution in [0.25, 0.3) is 0 Å². The highest BCUT2D eigenvalue weighted by atomic mass is 16.5. The predicted octanol–water partition coefficient (Wildman–Crippen LogP) is 5.75. The summed E-state index contributed by atoms with van der Waals surface area (Å²) in [4.78, 5) is 17.7. The van der Waals surface area contributed by atoms with Gasteiger partial charge in [-0.2, -0.15) is 0 Å². The number of carbonyl (C=O) groups excluding carboxylic acids is 1. The fourth-order valence-corrected chi connectivity index (χ4v) is 11.0. The number of methoxy groups -OCH3 is 1. The van der Waals surface area contributed by atoms with Gasteiger partial charge >= 0.3 is 0 Å². The van der Waals surface area contributed by atoms with Crippen LogP contribution in [0.2, 0.25) is 0 Å². The average molecular weight is 567 g/mol. The number of benzene rings is 1. The molecule has 10 atom stereocenters. The quantitative estimate of drug-likeness (QED) is 0.459. The van der Waals surface area contributed by atoms with Gasteiger partial charge in [0, 0.05) is 32.6 Å². The average Bonchev–Trinajstić information content (AvgIpc) is 3.35. The summed E-state index contributed by atoms with van der Waals surface area (Å²) in [6, 6.07) is 8.13. The normalized spacial score (nSPS) is 41.3. The molecule has 1 amide bonds. The van der Waals surface area contributed by atoms with Gasteiger partial charge in [-0.25, -0.2) is 0 Å². The predicted molar refractivity (Wildman–Crippen MR) is 163 cm³/mol. The molecule has 4 saturated carbocycles. The minimum Gasteiger partial charge on any atom is -0.495 e. The number of ether oxygens (including phenoxy) is 1. The van der Waals surface area contributed by atoms with Gasteiger partial charge in [0.05, 0.1) is 25.0 Å². The van der Waals surface area contributed by atoms with Crippen molar-refractivity contribution in [1.29, 1.82) is 0 Å². The SMILES string of the molecule is COc1ccccc1N1CCN(C(=O)CCC(C)C2CCC3C4CCC5CC(O)CCC5(C)C4CC(O)C23C)CC1. The van der Waals surface area contributed by atoms with Crippen molar-refractivity contribution in [3.63, 3.8) is 0 Å². The van der Waals surface area contributed by atoms with Crippen molar-refractivity contribution in [2.45, 2.75) is 97.2 Å². The number of aliphatic hydroxyl groups is 2. The second-order valence-corrected chi connectivity index (χ2v) is 14.9. The molecule has 2 N–H and O–H groups in total. The van der Waals surface area contributed by atoms with Gasteiger partial charge in [-0.1, -0.05) is 32.9 Å². The molecule has 1 aliphatic heterocycles. The van der Waals surface area contributed by atoms with Crippen LogP contribution in [0.1, 0.15) is 85.0 Å². The number of anilines is 1. The van der Waals surface area contributed by atoms with Crippen LogP contribution >= 0.6 is 0 Å². The third-order valence-electron chi connectivity index (χ3n) is 13.4. The largest absolute Gasteiger partial charge is 0.495 e. The lowest BCUT2D eigenvalue weighted by atomic mass is 9.43. The van der Waals surface area contributed by atoms with E-state index in [1.54, 1.807) is 7.11 Å². The molecule has 0 aromatic heterocycles. The van der Waals surface area contributed by atoms with E-state index in [9.17, 15) is 15.0 Å². The van der Waals surface area contributed by atoms with E-state index < -0.39 is 0 Å². The topological polar surface area (TPSA) is 73.2 Å². The van der Waals surface area contributed by atoms with Gasteiger partial charge in [0.1, 0.15) is 5.75 Å². The molecule has 0 spiro atoms. The lowest BCUT2D eigenvalue weighted by Gasteiger charge is -2.62. The molecule has 41 heavy (non-hydrogen) atoms.